The van der Waals surface area contributed by atoms with Gasteiger partial charge in [-0.2, -0.15) is 0 Å². The molecule has 0 radical (unpaired) electrons. The van der Waals surface area contributed by atoms with E-state index in [1.807, 2.05) is 11.3 Å². The van der Waals surface area contributed by atoms with Gasteiger partial charge in [-0.25, -0.2) is 4.98 Å². The first kappa shape index (κ1) is 15.8. The molecule has 0 saturated carbocycles. The SMILES string of the molecule is Cc1nc(N2CCCC2C(C)C)sc1CNCC(C)C. The third-order valence-electron chi connectivity index (χ3n) is 4.03. The lowest BCUT2D eigenvalue weighted by atomic mass is 10.0. The van der Waals surface area contributed by atoms with Crippen molar-refractivity contribution in [3.63, 3.8) is 0 Å². The molecule has 20 heavy (non-hydrogen) atoms. The molecular formula is C16H29N3S. The number of hydrogen-bond acceptors (Lipinski definition) is 4. The van der Waals surface area contributed by atoms with Gasteiger partial charge in [-0.3, -0.25) is 0 Å². The van der Waals surface area contributed by atoms with Crippen molar-refractivity contribution in [2.24, 2.45) is 11.8 Å². The Bertz CT molecular complexity index is 425. The number of aromatic nitrogens is 1. The van der Waals surface area contributed by atoms with Crippen LogP contribution in [0.2, 0.25) is 0 Å². The first-order chi connectivity index (χ1) is 9.49. The van der Waals surface area contributed by atoms with Gasteiger partial charge in [0, 0.05) is 24.0 Å². The predicted molar refractivity (Wildman–Crippen MR) is 88.6 cm³/mol. The van der Waals surface area contributed by atoms with Crippen LogP contribution in [0.25, 0.3) is 0 Å². The molecule has 1 aromatic heterocycles. The molecule has 0 bridgehead atoms. The van der Waals surface area contributed by atoms with Gasteiger partial charge in [-0.05, 0) is 38.1 Å². The summed E-state index contributed by atoms with van der Waals surface area (Å²) in [6.45, 7) is 14.5. The van der Waals surface area contributed by atoms with Crippen molar-refractivity contribution in [2.75, 3.05) is 18.0 Å². The fourth-order valence-electron chi connectivity index (χ4n) is 2.90. The van der Waals surface area contributed by atoms with E-state index in [-0.39, 0.29) is 0 Å². The maximum atomic E-state index is 4.83. The third-order valence-corrected chi connectivity index (χ3v) is 5.23. The minimum atomic E-state index is 0.678. The van der Waals surface area contributed by atoms with Crippen LogP contribution < -0.4 is 10.2 Å². The number of anilines is 1. The number of hydrogen-bond donors (Lipinski definition) is 1. The lowest BCUT2D eigenvalue weighted by Crippen LogP contribution is -2.33. The average Bonchev–Trinajstić information content (AvgIpc) is 2.95. The largest absolute Gasteiger partial charge is 0.345 e. The van der Waals surface area contributed by atoms with Crippen LogP contribution in [0.3, 0.4) is 0 Å². The topological polar surface area (TPSA) is 28.2 Å². The number of aryl methyl sites for hydroxylation is 1. The zero-order valence-electron chi connectivity index (χ0n) is 13.6. The maximum Gasteiger partial charge on any atom is 0.186 e. The first-order valence-corrected chi connectivity index (χ1v) is 8.74. The molecule has 0 aromatic carbocycles. The second-order valence-electron chi connectivity index (χ2n) is 6.68. The normalized spacial score (nSPS) is 19.6. The first-order valence-electron chi connectivity index (χ1n) is 7.92. The predicted octanol–water partition coefficient (Wildman–Crippen LogP) is 3.82. The summed E-state index contributed by atoms with van der Waals surface area (Å²) in [7, 11) is 0. The summed E-state index contributed by atoms with van der Waals surface area (Å²) in [5.74, 6) is 1.41. The molecule has 1 fully saturated rings. The molecule has 1 aliphatic heterocycles. The molecule has 1 unspecified atom stereocenters. The highest BCUT2D eigenvalue weighted by Crippen LogP contribution is 2.34. The molecular weight excluding hydrogens is 266 g/mol. The van der Waals surface area contributed by atoms with E-state index in [9.17, 15) is 0 Å². The second kappa shape index (κ2) is 6.90. The Hall–Kier alpha value is -0.610. The van der Waals surface area contributed by atoms with Crippen molar-refractivity contribution in [1.82, 2.24) is 10.3 Å². The highest BCUT2D eigenvalue weighted by molar-refractivity contribution is 7.15. The average molecular weight is 295 g/mol. The molecule has 0 spiro atoms. The summed E-state index contributed by atoms with van der Waals surface area (Å²) < 4.78 is 0. The Labute approximate surface area is 127 Å². The summed E-state index contributed by atoms with van der Waals surface area (Å²) in [6.07, 6.45) is 2.62. The number of thiazole rings is 1. The summed E-state index contributed by atoms with van der Waals surface area (Å²) in [5, 5.41) is 4.77. The van der Waals surface area contributed by atoms with Gasteiger partial charge in [0.05, 0.1) is 5.69 Å². The minimum Gasteiger partial charge on any atom is -0.345 e. The van der Waals surface area contributed by atoms with E-state index >= 15 is 0 Å². The van der Waals surface area contributed by atoms with Crippen molar-refractivity contribution in [2.45, 2.75) is 60.0 Å². The Morgan fingerprint density at radius 1 is 1.35 bits per heavy atom. The molecule has 3 nitrogen and oxygen atoms in total. The van der Waals surface area contributed by atoms with Crippen LogP contribution in [0.15, 0.2) is 0 Å². The number of nitrogens with zero attached hydrogens (tertiary/aromatic N) is 2. The van der Waals surface area contributed by atoms with Crippen molar-refractivity contribution in [1.29, 1.82) is 0 Å². The van der Waals surface area contributed by atoms with Crippen LogP contribution in [0, 0.1) is 18.8 Å². The summed E-state index contributed by atoms with van der Waals surface area (Å²) in [6, 6.07) is 0.678. The summed E-state index contributed by atoms with van der Waals surface area (Å²) in [4.78, 5) is 8.76. The minimum absolute atomic E-state index is 0.678. The molecule has 4 heteroatoms. The zero-order valence-corrected chi connectivity index (χ0v) is 14.4. The lowest BCUT2D eigenvalue weighted by molar-refractivity contribution is 0.491. The highest BCUT2D eigenvalue weighted by atomic mass is 32.1. The van der Waals surface area contributed by atoms with Crippen molar-refractivity contribution in [3.8, 4) is 0 Å². The van der Waals surface area contributed by atoms with Crippen LogP contribution in [-0.4, -0.2) is 24.1 Å². The van der Waals surface area contributed by atoms with Gasteiger partial charge in [0.25, 0.3) is 0 Å². The van der Waals surface area contributed by atoms with E-state index in [0.717, 1.165) is 13.1 Å². The second-order valence-corrected chi connectivity index (χ2v) is 7.74. The van der Waals surface area contributed by atoms with Crippen LogP contribution in [-0.2, 0) is 6.54 Å². The van der Waals surface area contributed by atoms with Gasteiger partial charge in [-0.1, -0.05) is 27.7 Å². The Morgan fingerprint density at radius 3 is 2.75 bits per heavy atom. The van der Waals surface area contributed by atoms with Crippen molar-refractivity contribution >= 4 is 16.5 Å². The monoisotopic (exact) mass is 295 g/mol. The number of rotatable bonds is 6. The van der Waals surface area contributed by atoms with Crippen molar-refractivity contribution < 1.29 is 0 Å². The fourth-order valence-corrected chi connectivity index (χ4v) is 4.01. The highest BCUT2D eigenvalue weighted by Gasteiger charge is 2.29. The molecule has 0 aliphatic carbocycles. The molecule has 0 amide bonds. The molecule has 1 N–H and O–H groups in total. The van der Waals surface area contributed by atoms with Crippen molar-refractivity contribution in [3.05, 3.63) is 10.6 Å². The molecule has 2 rings (SSSR count). The summed E-state index contributed by atoms with van der Waals surface area (Å²) in [5.41, 5.74) is 1.20. The Balaban J connectivity index is 2.03. The molecule has 2 heterocycles. The Kier molecular flexibility index (Phi) is 5.44. The lowest BCUT2D eigenvalue weighted by Gasteiger charge is -2.27. The molecule has 1 aliphatic rings. The zero-order chi connectivity index (χ0) is 14.7. The van der Waals surface area contributed by atoms with Gasteiger partial charge in [0.1, 0.15) is 0 Å². The molecule has 1 saturated heterocycles. The standard InChI is InChI=1S/C16H29N3S/c1-11(2)9-17-10-15-13(5)18-16(20-15)19-8-6-7-14(19)12(3)4/h11-12,14,17H,6-10H2,1-5H3. The summed E-state index contributed by atoms with van der Waals surface area (Å²) >= 11 is 1.88. The van der Waals surface area contributed by atoms with E-state index in [0.29, 0.717) is 17.9 Å². The maximum absolute atomic E-state index is 4.83. The van der Waals surface area contributed by atoms with Gasteiger partial charge in [-0.15, -0.1) is 11.3 Å². The van der Waals surface area contributed by atoms with Crippen LogP contribution in [0.5, 0.6) is 0 Å². The molecule has 114 valence electrons. The van der Waals surface area contributed by atoms with E-state index in [1.54, 1.807) is 0 Å². The van der Waals surface area contributed by atoms with Gasteiger partial charge in [0.15, 0.2) is 5.13 Å². The van der Waals surface area contributed by atoms with E-state index in [2.05, 4.69) is 44.8 Å². The Morgan fingerprint density at radius 2 is 2.10 bits per heavy atom. The van der Waals surface area contributed by atoms with Crippen LogP contribution in [0.4, 0.5) is 5.13 Å². The third kappa shape index (κ3) is 3.73. The fraction of sp³-hybridized carbons (Fsp3) is 0.812. The van der Waals surface area contributed by atoms with E-state index in [4.69, 9.17) is 4.98 Å². The quantitative estimate of drug-likeness (QED) is 0.864. The smallest absolute Gasteiger partial charge is 0.186 e. The molecule has 1 atom stereocenters. The van der Waals surface area contributed by atoms with E-state index < -0.39 is 0 Å². The number of nitrogens with one attached hydrogen (secondary N) is 1. The van der Waals surface area contributed by atoms with E-state index in [1.165, 1.54) is 35.1 Å². The van der Waals surface area contributed by atoms with Crippen LogP contribution >= 0.6 is 11.3 Å². The van der Waals surface area contributed by atoms with Crippen LogP contribution in [0.1, 0.15) is 51.1 Å². The molecule has 1 aromatic rings. The van der Waals surface area contributed by atoms with Gasteiger partial charge in [0.2, 0.25) is 0 Å². The van der Waals surface area contributed by atoms with Gasteiger partial charge >= 0.3 is 0 Å². The van der Waals surface area contributed by atoms with Gasteiger partial charge < -0.3 is 10.2 Å².